The number of carbonyl (C=O) groups is 1. The molecule has 0 aliphatic heterocycles. The van der Waals surface area contributed by atoms with Crippen molar-refractivity contribution < 1.29 is 13.2 Å². The molecule has 0 heterocycles. The second-order valence-corrected chi connectivity index (χ2v) is 4.91. The minimum Gasteiger partial charge on any atom is -0.351 e. The van der Waals surface area contributed by atoms with Crippen LogP contribution in [0.2, 0.25) is 0 Å². The Morgan fingerprint density at radius 3 is 2.41 bits per heavy atom. The Balaban J connectivity index is 2.64. The number of terminal acetylenes is 1. The quantitative estimate of drug-likeness (QED) is 0.738. The maximum Gasteiger partial charge on any atom is 0.238 e. The second kappa shape index (κ2) is 5.48. The van der Waals surface area contributed by atoms with Crippen LogP contribution in [0.4, 0.5) is 0 Å². The minimum absolute atomic E-state index is 0.0231. The van der Waals surface area contributed by atoms with Gasteiger partial charge in [-0.3, -0.25) is 4.79 Å². The normalized spacial score (nSPS) is 10.6. The number of rotatable bonds is 4. The van der Waals surface area contributed by atoms with Gasteiger partial charge in [-0.05, 0) is 17.7 Å². The maximum atomic E-state index is 11.1. The Hall–Kier alpha value is -1.84. The molecule has 1 aromatic rings. The van der Waals surface area contributed by atoms with E-state index in [0.29, 0.717) is 6.54 Å². The lowest BCUT2D eigenvalue weighted by Crippen LogP contribution is -2.21. The molecular weight excluding hydrogens is 240 g/mol. The number of benzene rings is 1. The first kappa shape index (κ1) is 13.2. The number of primary sulfonamides is 1. The van der Waals surface area contributed by atoms with Gasteiger partial charge in [-0.1, -0.05) is 18.1 Å². The van der Waals surface area contributed by atoms with Gasteiger partial charge >= 0.3 is 0 Å². The maximum absolute atomic E-state index is 11.1. The Bertz CT molecular complexity index is 541. The van der Waals surface area contributed by atoms with Crippen LogP contribution in [0, 0.1) is 12.3 Å². The fourth-order valence-corrected chi connectivity index (χ4v) is 1.67. The first-order chi connectivity index (χ1) is 7.93. The molecule has 3 N–H and O–H groups in total. The minimum atomic E-state index is -3.67. The zero-order valence-corrected chi connectivity index (χ0v) is 9.83. The zero-order valence-electron chi connectivity index (χ0n) is 9.01. The summed E-state index contributed by atoms with van der Waals surface area (Å²) in [6, 6.07) is 5.93. The van der Waals surface area contributed by atoms with Gasteiger partial charge in [-0.2, -0.15) is 0 Å². The van der Waals surface area contributed by atoms with Gasteiger partial charge in [0.1, 0.15) is 0 Å². The van der Waals surface area contributed by atoms with Gasteiger partial charge in [-0.15, -0.1) is 6.42 Å². The van der Waals surface area contributed by atoms with Crippen LogP contribution in [0.5, 0.6) is 0 Å². The highest BCUT2D eigenvalue weighted by Crippen LogP contribution is 2.08. The predicted octanol–water partition coefficient (Wildman–Crippen LogP) is -0.0265. The Kier molecular flexibility index (Phi) is 4.26. The number of hydrogen-bond acceptors (Lipinski definition) is 3. The number of hydrogen-bond donors (Lipinski definition) is 2. The molecule has 0 bridgehead atoms. The van der Waals surface area contributed by atoms with E-state index in [4.69, 9.17) is 11.6 Å². The predicted molar refractivity (Wildman–Crippen MR) is 63.1 cm³/mol. The Morgan fingerprint density at radius 1 is 1.35 bits per heavy atom. The van der Waals surface area contributed by atoms with E-state index in [1.54, 1.807) is 12.1 Å². The first-order valence-corrected chi connectivity index (χ1v) is 6.30. The molecule has 0 aromatic heterocycles. The highest BCUT2D eigenvalue weighted by Gasteiger charge is 2.06. The van der Waals surface area contributed by atoms with E-state index in [-0.39, 0.29) is 17.2 Å². The third kappa shape index (κ3) is 4.26. The van der Waals surface area contributed by atoms with E-state index in [9.17, 15) is 13.2 Å². The number of nitrogens with two attached hydrogens (primary N) is 1. The fraction of sp³-hybridized carbons (Fsp3) is 0.182. The summed E-state index contributed by atoms with van der Waals surface area (Å²) in [6.45, 7) is 0.297. The molecule has 0 radical (unpaired) electrons. The van der Waals surface area contributed by atoms with Crippen LogP contribution in [-0.4, -0.2) is 14.3 Å². The average Bonchev–Trinajstić information content (AvgIpc) is 2.26. The summed E-state index contributed by atoms with van der Waals surface area (Å²) in [7, 11) is -3.67. The van der Waals surface area contributed by atoms with E-state index in [1.165, 1.54) is 12.1 Å². The first-order valence-electron chi connectivity index (χ1n) is 4.75. The van der Waals surface area contributed by atoms with Crippen molar-refractivity contribution in [2.75, 3.05) is 0 Å². The molecule has 17 heavy (non-hydrogen) atoms. The fourth-order valence-electron chi connectivity index (χ4n) is 1.15. The summed E-state index contributed by atoms with van der Waals surface area (Å²) in [6.07, 6.45) is 5.00. The molecule has 90 valence electrons. The van der Waals surface area contributed by atoms with Crippen molar-refractivity contribution in [3.63, 3.8) is 0 Å². The van der Waals surface area contributed by atoms with Crippen molar-refractivity contribution in [1.29, 1.82) is 0 Å². The van der Waals surface area contributed by atoms with Gasteiger partial charge in [0.2, 0.25) is 15.9 Å². The number of carbonyl (C=O) groups excluding carboxylic acids is 1. The van der Waals surface area contributed by atoms with E-state index >= 15 is 0 Å². The number of amides is 1. The summed E-state index contributed by atoms with van der Waals surface area (Å²) in [4.78, 5) is 11.1. The molecule has 0 fully saturated rings. The van der Waals surface area contributed by atoms with Crippen LogP contribution in [0.3, 0.4) is 0 Å². The molecule has 0 aliphatic carbocycles. The average molecular weight is 252 g/mol. The van der Waals surface area contributed by atoms with Crippen molar-refractivity contribution in [3.05, 3.63) is 29.8 Å². The van der Waals surface area contributed by atoms with Gasteiger partial charge in [0.15, 0.2) is 0 Å². The van der Waals surface area contributed by atoms with Gasteiger partial charge in [0.05, 0.1) is 11.3 Å². The molecular formula is C11H12N2O3S. The monoisotopic (exact) mass is 252 g/mol. The van der Waals surface area contributed by atoms with Gasteiger partial charge < -0.3 is 5.32 Å². The Morgan fingerprint density at radius 2 is 1.94 bits per heavy atom. The largest absolute Gasteiger partial charge is 0.351 e. The lowest BCUT2D eigenvalue weighted by molar-refractivity contribution is -0.120. The van der Waals surface area contributed by atoms with Crippen molar-refractivity contribution >= 4 is 15.9 Å². The second-order valence-electron chi connectivity index (χ2n) is 3.35. The van der Waals surface area contributed by atoms with Crippen molar-refractivity contribution in [3.8, 4) is 12.3 Å². The zero-order chi connectivity index (χ0) is 12.9. The molecule has 0 saturated heterocycles. The summed E-state index contributed by atoms with van der Waals surface area (Å²) in [5.74, 6) is 1.98. The summed E-state index contributed by atoms with van der Waals surface area (Å²) in [5.41, 5.74) is 0.766. The van der Waals surface area contributed by atoms with Crippen molar-refractivity contribution in [2.24, 2.45) is 5.14 Å². The smallest absolute Gasteiger partial charge is 0.238 e. The topological polar surface area (TPSA) is 89.3 Å². The molecule has 1 amide bonds. The van der Waals surface area contributed by atoms with Crippen LogP contribution in [0.1, 0.15) is 12.0 Å². The van der Waals surface area contributed by atoms with E-state index in [1.807, 2.05) is 0 Å². The SMILES string of the molecule is C#CCC(=O)NCc1ccc(S(N)(=O)=O)cc1. The molecule has 1 rings (SSSR count). The highest BCUT2D eigenvalue weighted by atomic mass is 32.2. The standard InChI is InChI=1S/C11H12N2O3S/c1-2-3-11(14)13-8-9-4-6-10(7-5-9)17(12,15)16/h1,4-7H,3,8H2,(H,13,14)(H2,12,15,16). The lowest BCUT2D eigenvalue weighted by Gasteiger charge is -2.04. The van der Waals surface area contributed by atoms with Gasteiger partial charge in [0.25, 0.3) is 0 Å². The summed E-state index contributed by atoms with van der Waals surface area (Å²) >= 11 is 0. The van der Waals surface area contributed by atoms with Gasteiger partial charge in [-0.25, -0.2) is 13.6 Å². The number of sulfonamides is 1. The molecule has 0 saturated carbocycles. The third-order valence-electron chi connectivity index (χ3n) is 2.00. The summed E-state index contributed by atoms with van der Waals surface area (Å²) in [5, 5.41) is 7.54. The molecule has 5 nitrogen and oxygen atoms in total. The van der Waals surface area contributed by atoms with Crippen LogP contribution in [0.25, 0.3) is 0 Å². The molecule has 0 unspecified atom stereocenters. The number of nitrogens with one attached hydrogen (secondary N) is 1. The summed E-state index contributed by atoms with van der Waals surface area (Å²) < 4.78 is 22.0. The third-order valence-corrected chi connectivity index (χ3v) is 2.93. The highest BCUT2D eigenvalue weighted by molar-refractivity contribution is 7.89. The van der Waals surface area contributed by atoms with E-state index < -0.39 is 10.0 Å². The molecule has 0 aliphatic rings. The van der Waals surface area contributed by atoms with Crippen molar-refractivity contribution in [1.82, 2.24) is 5.32 Å². The molecule has 0 spiro atoms. The lowest BCUT2D eigenvalue weighted by atomic mass is 10.2. The molecule has 0 atom stereocenters. The van der Waals surface area contributed by atoms with Crippen molar-refractivity contribution in [2.45, 2.75) is 17.9 Å². The van der Waals surface area contributed by atoms with E-state index in [2.05, 4.69) is 11.2 Å². The molecule has 1 aromatic carbocycles. The van der Waals surface area contributed by atoms with Crippen LogP contribution in [-0.2, 0) is 21.4 Å². The van der Waals surface area contributed by atoms with Crippen LogP contribution in [0.15, 0.2) is 29.2 Å². The van der Waals surface area contributed by atoms with Crippen LogP contribution >= 0.6 is 0 Å². The van der Waals surface area contributed by atoms with Gasteiger partial charge in [0, 0.05) is 6.54 Å². The van der Waals surface area contributed by atoms with Crippen LogP contribution < -0.4 is 10.5 Å². The molecule has 6 heteroatoms. The Labute approximate surface area is 100 Å². The van der Waals surface area contributed by atoms with E-state index in [0.717, 1.165) is 5.56 Å².